The van der Waals surface area contributed by atoms with Crippen LogP contribution in [0.5, 0.6) is 0 Å². The average molecular weight is 212 g/mol. The fourth-order valence-electron chi connectivity index (χ4n) is 1.11. The molecule has 0 aliphatic rings. The van der Waals surface area contributed by atoms with E-state index in [0.29, 0.717) is 0 Å². The van der Waals surface area contributed by atoms with Crippen molar-refractivity contribution in [2.75, 3.05) is 0 Å². The lowest BCUT2D eigenvalue weighted by molar-refractivity contribution is 0.0769. The molecule has 1 rings (SSSR count). The lowest BCUT2D eigenvalue weighted by Crippen LogP contribution is -2.00. The fraction of sp³-hybridized carbons (Fsp3) is 0.333. The second-order valence-corrected chi connectivity index (χ2v) is 3.23. The van der Waals surface area contributed by atoms with Gasteiger partial charge in [0.1, 0.15) is 6.61 Å². The summed E-state index contributed by atoms with van der Waals surface area (Å²) in [7, 11) is 0. The summed E-state index contributed by atoms with van der Waals surface area (Å²) >= 11 is 0. The van der Waals surface area contributed by atoms with Gasteiger partial charge in [-0.05, 0) is 17.5 Å². The Morgan fingerprint density at radius 1 is 1.27 bits per heavy atom. The van der Waals surface area contributed by atoms with E-state index in [1.54, 1.807) is 0 Å². The van der Waals surface area contributed by atoms with Gasteiger partial charge in [-0.15, -0.1) is 0 Å². The summed E-state index contributed by atoms with van der Waals surface area (Å²) < 4.78 is 28.9. The molecule has 0 radical (unpaired) electrons. The van der Waals surface area contributed by atoms with Crippen LogP contribution < -0.4 is 0 Å². The third-order valence-corrected chi connectivity index (χ3v) is 2.10. The molecular weight excluding hydrogens is 198 g/mol. The zero-order valence-electron chi connectivity index (χ0n) is 8.67. The number of hydrogen-bond acceptors (Lipinski definition) is 1. The van der Waals surface area contributed by atoms with Crippen LogP contribution in [0.15, 0.2) is 36.6 Å². The topological polar surface area (TPSA) is 9.23 Å². The van der Waals surface area contributed by atoms with E-state index in [0.717, 1.165) is 12.0 Å². The van der Waals surface area contributed by atoms with Crippen LogP contribution in [0.1, 0.15) is 18.1 Å². The second kappa shape index (κ2) is 5.49. The van der Waals surface area contributed by atoms with Crippen LogP contribution in [0, 0.1) is 0 Å². The molecule has 0 heterocycles. The molecule has 0 spiro atoms. The Kier molecular flexibility index (Phi) is 4.28. The van der Waals surface area contributed by atoms with Crippen molar-refractivity contribution in [3.8, 4) is 0 Å². The summed E-state index contributed by atoms with van der Waals surface area (Å²) in [6.45, 7) is 5.34. The lowest BCUT2D eigenvalue weighted by Gasteiger charge is -2.08. The van der Waals surface area contributed by atoms with Crippen molar-refractivity contribution in [2.45, 2.75) is 26.4 Å². The first kappa shape index (κ1) is 11.7. The molecule has 0 unspecified atom stereocenters. The minimum atomic E-state index is -2.61. The number of rotatable bonds is 5. The summed E-state index contributed by atoms with van der Waals surface area (Å²) in [5, 5.41) is 0. The summed E-state index contributed by atoms with van der Waals surface area (Å²) in [5.41, 5.74) is 2.08. The van der Waals surface area contributed by atoms with Crippen molar-refractivity contribution in [3.05, 3.63) is 47.7 Å². The molecule has 0 amide bonds. The van der Waals surface area contributed by atoms with Gasteiger partial charge in [0.25, 0.3) is 6.43 Å². The van der Waals surface area contributed by atoms with Gasteiger partial charge in [-0.3, -0.25) is 0 Å². The van der Waals surface area contributed by atoms with Crippen molar-refractivity contribution in [1.82, 2.24) is 0 Å². The highest BCUT2D eigenvalue weighted by Gasteiger charge is 2.08. The maximum absolute atomic E-state index is 12.0. The minimum absolute atomic E-state index is 0.146. The standard InChI is InChI=1S/C12H14F2O/c1-3-10-4-6-11(7-5-10)8-15-9(2)12(13)14/h4-7,12H,2-3,8H2,1H3. The van der Waals surface area contributed by atoms with E-state index in [4.69, 9.17) is 4.74 Å². The predicted molar refractivity (Wildman–Crippen MR) is 55.8 cm³/mol. The Balaban J connectivity index is 2.47. The van der Waals surface area contributed by atoms with Crippen LogP contribution in [-0.2, 0) is 17.8 Å². The lowest BCUT2D eigenvalue weighted by atomic mass is 10.1. The summed E-state index contributed by atoms with van der Waals surface area (Å²) in [4.78, 5) is 0. The first-order valence-electron chi connectivity index (χ1n) is 4.81. The van der Waals surface area contributed by atoms with Gasteiger partial charge in [0, 0.05) is 0 Å². The van der Waals surface area contributed by atoms with E-state index in [1.807, 2.05) is 24.3 Å². The van der Waals surface area contributed by atoms with Crippen molar-refractivity contribution in [2.24, 2.45) is 0 Å². The van der Waals surface area contributed by atoms with Gasteiger partial charge >= 0.3 is 0 Å². The normalized spacial score (nSPS) is 10.4. The quantitative estimate of drug-likeness (QED) is 0.678. The smallest absolute Gasteiger partial charge is 0.294 e. The van der Waals surface area contributed by atoms with E-state index in [-0.39, 0.29) is 6.61 Å². The molecule has 82 valence electrons. The van der Waals surface area contributed by atoms with E-state index < -0.39 is 12.2 Å². The van der Waals surface area contributed by atoms with Gasteiger partial charge in [-0.2, -0.15) is 0 Å². The maximum Gasteiger partial charge on any atom is 0.294 e. The first-order chi connectivity index (χ1) is 7.13. The Bertz CT molecular complexity index is 317. The van der Waals surface area contributed by atoms with Crippen molar-refractivity contribution >= 4 is 0 Å². The Morgan fingerprint density at radius 2 is 1.80 bits per heavy atom. The molecule has 0 saturated heterocycles. The van der Waals surface area contributed by atoms with Crippen LogP contribution in [0.25, 0.3) is 0 Å². The van der Waals surface area contributed by atoms with Crippen LogP contribution in [-0.4, -0.2) is 6.43 Å². The number of hydrogen-bond donors (Lipinski definition) is 0. The van der Waals surface area contributed by atoms with Gasteiger partial charge in [-0.25, -0.2) is 8.78 Å². The molecule has 3 heteroatoms. The Labute approximate surface area is 88.4 Å². The highest BCUT2D eigenvalue weighted by Crippen LogP contribution is 2.12. The highest BCUT2D eigenvalue weighted by atomic mass is 19.3. The van der Waals surface area contributed by atoms with Gasteiger partial charge in [0.05, 0.1) is 0 Å². The van der Waals surface area contributed by atoms with Gasteiger partial charge in [-0.1, -0.05) is 37.8 Å². The highest BCUT2D eigenvalue weighted by molar-refractivity contribution is 5.22. The van der Waals surface area contributed by atoms with E-state index in [1.165, 1.54) is 5.56 Å². The van der Waals surface area contributed by atoms with Gasteiger partial charge in [0.15, 0.2) is 5.76 Å². The summed E-state index contributed by atoms with van der Waals surface area (Å²) in [6, 6.07) is 7.67. The van der Waals surface area contributed by atoms with E-state index in [2.05, 4.69) is 13.5 Å². The number of aryl methyl sites for hydroxylation is 1. The zero-order chi connectivity index (χ0) is 11.3. The number of halogens is 2. The third kappa shape index (κ3) is 3.70. The average Bonchev–Trinajstić information content (AvgIpc) is 2.26. The van der Waals surface area contributed by atoms with Crippen LogP contribution in [0.2, 0.25) is 0 Å². The van der Waals surface area contributed by atoms with Crippen molar-refractivity contribution in [1.29, 1.82) is 0 Å². The van der Waals surface area contributed by atoms with Crippen LogP contribution >= 0.6 is 0 Å². The van der Waals surface area contributed by atoms with Crippen molar-refractivity contribution in [3.63, 3.8) is 0 Å². The zero-order valence-corrected chi connectivity index (χ0v) is 8.67. The molecule has 15 heavy (non-hydrogen) atoms. The largest absolute Gasteiger partial charge is 0.488 e. The molecule has 0 N–H and O–H groups in total. The molecule has 0 fully saturated rings. The molecular formula is C12H14F2O. The summed E-state index contributed by atoms with van der Waals surface area (Å²) in [6.07, 6.45) is -1.65. The van der Waals surface area contributed by atoms with Gasteiger partial charge < -0.3 is 4.74 Å². The maximum atomic E-state index is 12.0. The number of allylic oxidation sites excluding steroid dienone is 1. The fourth-order valence-corrected chi connectivity index (χ4v) is 1.11. The molecule has 0 aliphatic carbocycles. The monoisotopic (exact) mass is 212 g/mol. The number of alkyl halides is 2. The molecule has 1 aromatic rings. The second-order valence-electron chi connectivity index (χ2n) is 3.23. The molecule has 0 bridgehead atoms. The number of benzene rings is 1. The predicted octanol–water partition coefficient (Wildman–Crippen LogP) is 3.54. The number of ether oxygens (including phenoxy) is 1. The SMILES string of the molecule is C=C(OCc1ccc(CC)cc1)C(F)F. The van der Waals surface area contributed by atoms with Crippen LogP contribution in [0.4, 0.5) is 8.78 Å². The molecule has 0 aromatic heterocycles. The van der Waals surface area contributed by atoms with Crippen molar-refractivity contribution < 1.29 is 13.5 Å². The third-order valence-electron chi connectivity index (χ3n) is 2.10. The molecule has 1 nitrogen and oxygen atoms in total. The van der Waals surface area contributed by atoms with E-state index >= 15 is 0 Å². The van der Waals surface area contributed by atoms with Crippen LogP contribution in [0.3, 0.4) is 0 Å². The molecule has 0 saturated carbocycles. The summed E-state index contributed by atoms with van der Waals surface area (Å²) in [5.74, 6) is -0.477. The molecule has 1 aromatic carbocycles. The molecule has 0 atom stereocenters. The molecule has 0 aliphatic heterocycles. The Hall–Kier alpha value is -1.38. The minimum Gasteiger partial charge on any atom is -0.488 e. The Morgan fingerprint density at radius 3 is 2.27 bits per heavy atom. The first-order valence-corrected chi connectivity index (χ1v) is 4.81. The van der Waals surface area contributed by atoms with Gasteiger partial charge in [0.2, 0.25) is 0 Å². The van der Waals surface area contributed by atoms with E-state index in [9.17, 15) is 8.78 Å².